The predicted molar refractivity (Wildman–Crippen MR) is 277 cm³/mol. The van der Waals surface area contributed by atoms with Crippen LogP contribution in [0.25, 0.3) is 0 Å². The molecule has 3 unspecified atom stereocenters. The van der Waals surface area contributed by atoms with Crippen molar-refractivity contribution in [1.29, 1.82) is 0 Å². The first-order valence-electron chi connectivity index (χ1n) is 26.8. The van der Waals surface area contributed by atoms with Crippen LogP contribution >= 0.6 is 0 Å². The number of ether oxygens (including phenoxy) is 5. The maximum atomic E-state index is 14.5. The highest BCUT2D eigenvalue weighted by Gasteiger charge is 2.54. The van der Waals surface area contributed by atoms with E-state index >= 15 is 0 Å². The average Bonchev–Trinajstić information content (AvgIpc) is 3.73. The summed E-state index contributed by atoms with van der Waals surface area (Å²) in [6.45, 7) is 45.4. The first-order chi connectivity index (χ1) is 31.2. The highest BCUT2D eigenvalue weighted by molar-refractivity contribution is 6.74. The molecule has 0 spiro atoms. The number of Topliss-reactive ketones (excluding diaryl/α,β-unsaturated/α-hetero) is 1. The van der Waals surface area contributed by atoms with E-state index < -0.39 is 16.6 Å². The molecule has 0 amide bonds. The molecule has 0 aromatic carbocycles. The number of ketones is 1. The third kappa shape index (κ3) is 14.2. The second-order valence-corrected chi connectivity index (χ2v) is 34.6. The molecular formula is C56H98O9Si2. The van der Waals surface area contributed by atoms with Gasteiger partial charge in [-0.05, 0) is 129 Å². The maximum absolute atomic E-state index is 14.5. The van der Waals surface area contributed by atoms with Crippen LogP contribution in [0.4, 0.5) is 0 Å². The Bertz CT molecular complexity index is 1680. The summed E-state index contributed by atoms with van der Waals surface area (Å²) in [5.41, 5.74) is 2.26. The zero-order valence-corrected chi connectivity index (χ0v) is 47.3. The number of fused-ring (bicyclic) bond motifs is 1. The summed E-state index contributed by atoms with van der Waals surface area (Å²) in [6, 6.07) is 0. The summed E-state index contributed by atoms with van der Waals surface area (Å²) in [7, 11) is -4.41. The minimum Gasteiger partial charge on any atom is -0.411 e. The highest BCUT2D eigenvalue weighted by atomic mass is 28.4. The van der Waals surface area contributed by atoms with Crippen LogP contribution in [-0.4, -0.2) is 102 Å². The van der Waals surface area contributed by atoms with E-state index in [9.17, 15) is 9.59 Å². The van der Waals surface area contributed by atoms with Crippen LogP contribution in [0.1, 0.15) is 167 Å². The van der Waals surface area contributed by atoms with Crippen molar-refractivity contribution >= 4 is 28.7 Å². The fourth-order valence-corrected chi connectivity index (χ4v) is 13.6. The van der Waals surface area contributed by atoms with Gasteiger partial charge in [-0.3, -0.25) is 4.79 Å². The molecule has 5 saturated heterocycles. The number of allylic oxidation sites excluding steroid dienone is 1. The lowest BCUT2D eigenvalue weighted by Crippen LogP contribution is -2.64. The number of carbonyl (C=O) groups excluding carboxylic acids is 2. The smallest absolute Gasteiger partial charge is 0.193 e. The van der Waals surface area contributed by atoms with E-state index in [1.807, 2.05) is 0 Å². The molecule has 5 heterocycles. The largest absolute Gasteiger partial charge is 0.411 e. The summed E-state index contributed by atoms with van der Waals surface area (Å²) in [5.74, 6) is 1.50. The molecule has 0 aromatic rings. The number of hydrogen-bond acceptors (Lipinski definition) is 9. The van der Waals surface area contributed by atoms with E-state index in [0.717, 1.165) is 75.2 Å². The van der Waals surface area contributed by atoms with Gasteiger partial charge in [0.2, 0.25) is 0 Å². The maximum Gasteiger partial charge on any atom is 0.193 e. The first kappa shape index (κ1) is 56.6. The number of rotatable bonds is 21. The second kappa shape index (κ2) is 23.5. The van der Waals surface area contributed by atoms with Crippen molar-refractivity contribution in [3.63, 3.8) is 0 Å². The van der Waals surface area contributed by atoms with Crippen molar-refractivity contribution in [2.75, 3.05) is 0 Å². The SMILES string of the molecule is C=C1C[C@H](CCC=O)OC1CC[C@H]1C[C@@H](C)C(=C)C(C[C@@H]2O[C@H](C[C@H](C)CC)[C@H](C)[C@H]2CC(=O)CC2CC[C@@H]3O[C@@H]([C@H](/C=C/C)O[Si](C)(C)C(C)(C)C)[C@@H](O[Si](C)(C)C(C)(C)C)[C@@H](C)[C@H]3O2)O1. The molecule has 0 N–H and O–H groups in total. The normalized spacial score (nSPS) is 36.6. The monoisotopic (exact) mass is 971 g/mol. The molecule has 11 heteroatoms. The van der Waals surface area contributed by atoms with Gasteiger partial charge in [-0.2, -0.15) is 0 Å². The molecule has 5 aliphatic rings. The minimum absolute atomic E-state index is 0.0132. The molecule has 17 atom stereocenters. The summed E-state index contributed by atoms with van der Waals surface area (Å²) in [4.78, 5) is 25.4. The van der Waals surface area contributed by atoms with Crippen molar-refractivity contribution in [3.8, 4) is 0 Å². The van der Waals surface area contributed by atoms with Crippen molar-refractivity contribution in [2.24, 2.45) is 29.6 Å². The van der Waals surface area contributed by atoms with Crippen molar-refractivity contribution in [2.45, 2.75) is 276 Å². The third-order valence-electron chi connectivity index (χ3n) is 17.8. The van der Waals surface area contributed by atoms with Crippen LogP contribution in [-0.2, 0) is 42.1 Å². The fraction of sp³-hybridized carbons (Fsp3) is 0.857. The van der Waals surface area contributed by atoms with E-state index in [0.29, 0.717) is 37.5 Å². The molecular weight excluding hydrogens is 873 g/mol. The zero-order valence-electron chi connectivity index (χ0n) is 45.3. The summed E-state index contributed by atoms with van der Waals surface area (Å²) in [6.07, 6.45) is 14.2. The zero-order chi connectivity index (χ0) is 49.8. The molecule has 384 valence electrons. The standard InChI is InChI=1S/C56H98O9Si2/c1-19-22-48(64-66(15,16)55(9,10)11)54-53(65-67(17,18)56(12,13)14)40(8)52-47(63-54)27-25-44(61-52)32-41(58)33-45-39(7)49(29-35(3)20-2)62-51(45)34-50-38(6)36(4)30-43(60-50)24-26-46-37(5)31-42(59-46)23-21-28-57/h19,22,28,35-36,39-40,42-54H,5-6,20-21,23-27,29-34H2,1-4,7-18H3/b22-19+/t35-,36-,39-,40+,42+,43+,44?,45-,46?,47+,48+,49-,50?,51+,52-,53+,54+/m1/s1. The summed E-state index contributed by atoms with van der Waals surface area (Å²) >= 11 is 0. The van der Waals surface area contributed by atoms with Crippen LogP contribution in [0.15, 0.2) is 36.5 Å². The number of carbonyl (C=O) groups is 2. The Hall–Kier alpha value is -1.29. The fourth-order valence-electron chi connectivity index (χ4n) is 11.0. The van der Waals surface area contributed by atoms with Gasteiger partial charge in [0, 0.05) is 31.6 Å². The van der Waals surface area contributed by atoms with Crippen molar-refractivity contribution in [3.05, 3.63) is 36.5 Å². The highest BCUT2D eigenvalue weighted by Crippen LogP contribution is 2.47. The number of hydrogen-bond donors (Lipinski definition) is 0. The summed E-state index contributed by atoms with van der Waals surface area (Å²) in [5, 5.41) is 0.0577. The van der Waals surface area contributed by atoms with Crippen molar-refractivity contribution < 1.29 is 42.1 Å². The van der Waals surface area contributed by atoms with Gasteiger partial charge in [-0.15, -0.1) is 0 Å². The van der Waals surface area contributed by atoms with Crippen LogP contribution in [0.5, 0.6) is 0 Å². The average molecular weight is 972 g/mol. The van der Waals surface area contributed by atoms with Gasteiger partial charge >= 0.3 is 0 Å². The molecule has 0 aromatic heterocycles. The lowest BCUT2D eigenvalue weighted by Gasteiger charge is -2.54. The van der Waals surface area contributed by atoms with E-state index in [4.69, 9.17) is 32.5 Å². The Morgan fingerprint density at radius 1 is 0.821 bits per heavy atom. The van der Waals surface area contributed by atoms with Crippen molar-refractivity contribution in [1.82, 2.24) is 0 Å². The van der Waals surface area contributed by atoms with Crippen LogP contribution in [0.3, 0.4) is 0 Å². The minimum atomic E-state index is -2.24. The van der Waals surface area contributed by atoms with Gasteiger partial charge < -0.3 is 37.3 Å². The predicted octanol–water partition coefficient (Wildman–Crippen LogP) is 13.3. The Morgan fingerprint density at radius 2 is 1.49 bits per heavy atom. The number of aldehydes is 1. The van der Waals surface area contributed by atoms with Gasteiger partial charge in [-0.25, -0.2) is 0 Å². The van der Waals surface area contributed by atoms with Crippen LogP contribution < -0.4 is 0 Å². The Morgan fingerprint density at radius 3 is 2.12 bits per heavy atom. The third-order valence-corrected chi connectivity index (χ3v) is 26.8. The second-order valence-electron chi connectivity index (χ2n) is 25.1. The van der Waals surface area contributed by atoms with E-state index in [1.54, 1.807) is 0 Å². The molecule has 0 radical (unpaired) electrons. The Labute approximate surface area is 411 Å². The Balaban J connectivity index is 1.28. The first-order valence-corrected chi connectivity index (χ1v) is 32.6. The van der Waals surface area contributed by atoms with Gasteiger partial charge in [0.25, 0.3) is 0 Å². The van der Waals surface area contributed by atoms with E-state index in [-0.39, 0.29) is 107 Å². The molecule has 9 nitrogen and oxygen atoms in total. The lowest BCUT2D eigenvalue weighted by atomic mass is 9.78. The lowest BCUT2D eigenvalue weighted by molar-refractivity contribution is -0.251. The van der Waals surface area contributed by atoms with Crippen LogP contribution in [0.2, 0.25) is 36.3 Å². The summed E-state index contributed by atoms with van der Waals surface area (Å²) < 4.78 is 49.0. The molecule has 67 heavy (non-hydrogen) atoms. The van der Waals surface area contributed by atoms with Gasteiger partial charge in [0.05, 0.1) is 67.1 Å². The van der Waals surface area contributed by atoms with Gasteiger partial charge in [0.15, 0.2) is 16.6 Å². The molecule has 0 aliphatic carbocycles. The molecule has 5 fully saturated rings. The van der Waals surface area contributed by atoms with E-state index in [2.05, 4.69) is 135 Å². The van der Waals surface area contributed by atoms with E-state index in [1.165, 1.54) is 0 Å². The van der Waals surface area contributed by atoms with Crippen LogP contribution in [0, 0.1) is 29.6 Å². The van der Waals surface area contributed by atoms with Gasteiger partial charge in [0.1, 0.15) is 18.2 Å². The molecule has 5 rings (SSSR count). The molecule has 0 bridgehead atoms. The molecule has 5 aliphatic heterocycles. The Kier molecular flexibility index (Phi) is 19.9. The quantitative estimate of drug-likeness (QED) is 0.0632. The molecule has 0 saturated carbocycles. The van der Waals surface area contributed by atoms with Gasteiger partial charge in [-0.1, -0.05) is 108 Å². The topological polar surface area (TPSA) is 98.8 Å².